The van der Waals surface area contributed by atoms with Crippen molar-refractivity contribution < 1.29 is 9.53 Å². The quantitative estimate of drug-likeness (QED) is 0.820. The van der Waals surface area contributed by atoms with Crippen LogP contribution in [0.25, 0.3) is 0 Å². The van der Waals surface area contributed by atoms with Gasteiger partial charge in [0.05, 0.1) is 24.4 Å². The van der Waals surface area contributed by atoms with E-state index < -0.39 is 0 Å². The lowest BCUT2D eigenvalue weighted by atomic mass is 10.2. The number of carbonyl (C=O) groups is 1. The summed E-state index contributed by atoms with van der Waals surface area (Å²) >= 11 is 6.65. The highest BCUT2D eigenvalue weighted by Gasteiger charge is 2.09. The third-order valence-electron chi connectivity index (χ3n) is 1.88. The number of halogens is 2. The van der Waals surface area contributed by atoms with E-state index in [4.69, 9.17) is 10.5 Å². The average molecular weight is 352 g/mol. The number of nitrogen functional groups attached to an aromatic ring is 1. The second-order valence-electron chi connectivity index (χ2n) is 3.14. The van der Waals surface area contributed by atoms with Crippen LogP contribution in [0.15, 0.2) is 21.1 Å². The maximum Gasteiger partial charge on any atom is 0.226 e. The lowest BCUT2D eigenvalue weighted by Gasteiger charge is -2.10. The largest absolute Gasteiger partial charge is 0.397 e. The number of hydrogen-bond acceptors (Lipinski definition) is 3. The summed E-state index contributed by atoms with van der Waals surface area (Å²) in [5, 5.41) is 2.73. The number of methoxy groups -OCH3 is 1. The Morgan fingerprint density at radius 2 is 2.19 bits per heavy atom. The molecule has 3 N–H and O–H groups in total. The van der Waals surface area contributed by atoms with E-state index in [0.29, 0.717) is 24.4 Å². The second kappa shape index (κ2) is 6.22. The number of anilines is 2. The van der Waals surface area contributed by atoms with Gasteiger partial charge in [-0.25, -0.2) is 0 Å². The predicted octanol–water partition coefficient (Wildman–Crippen LogP) is 2.77. The summed E-state index contributed by atoms with van der Waals surface area (Å²) in [5.41, 5.74) is 6.89. The van der Waals surface area contributed by atoms with E-state index in [9.17, 15) is 4.79 Å². The topological polar surface area (TPSA) is 64.3 Å². The van der Waals surface area contributed by atoms with Crippen LogP contribution in [-0.2, 0) is 9.53 Å². The molecule has 0 aliphatic carbocycles. The van der Waals surface area contributed by atoms with Crippen molar-refractivity contribution in [2.45, 2.75) is 6.42 Å². The Labute approximate surface area is 111 Å². The SMILES string of the molecule is COCCC(=O)Nc1c(N)cc(Br)cc1Br. The molecule has 16 heavy (non-hydrogen) atoms. The van der Waals surface area contributed by atoms with Gasteiger partial charge in [0.15, 0.2) is 0 Å². The molecule has 0 atom stereocenters. The Kier molecular flexibility index (Phi) is 5.24. The Hall–Kier alpha value is -0.590. The highest BCUT2D eigenvalue weighted by Crippen LogP contribution is 2.32. The smallest absolute Gasteiger partial charge is 0.226 e. The minimum Gasteiger partial charge on any atom is -0.397 e. The van der Waals surface area contributed by atoms with Gasteiger partial charge in [0.2, 0.25) is 5.91 Å². The van der Waals surface area contributed by atoms with Crippen molar-refractivity contribution in [3.05, 3.63) is 21.1 Å². The molecule has 0 aliphatic rings. The lowest BCUT2D eigenvalue weighted by Crippen LogP contribution is -2.15. The molecular weight excluding hydrogens is 340 g/mol. The third-order valence-corrected chi connectivity index (χ3v) is 2.97. The fourth-order valence-corrected chi connectivity index (χ4v) is 2.48. The molecule has 1 aromatic rings. The number of hydrogen-bond donors (Lipinski definition) is 2. The molecule has 0 bridgehead atoms. The molecule has 0 aromatic heterocycles. The first-order valence-corrected chi connectivity index (χ1v) is 6.16. The molecule has 0 saturated carbocycles. The zero-order valence-corrected chi connectivity index (χ0v) is 11.9. The Balaban J connectivity index is 2.77. The van der Waals surface area contributed by atoms with E-state index in [1.54, 1.807) is 13.2 Å². The summed E-state index contributed by atoms with van der Waals surface area (Å²) in [6.07, 6.45) is 0.304. The van der Waals surface area contributed by atoms with Crippen molar-refractivity contribution in [3.63, 3.8) is 0 Å². The number of nitrogens with two attached hydrogens (primary N) is 1. The van der Waals surface area contributed by atoms with Gasteiger partial charge in [0, 0.05) is 16.1 Å². The maximum atomic E-state index is 11.5. The highest BCUT2D eigenvalue weighted by atomic mass is 79.9. The van der Waals surface area contributed by atoms with Gasteiger partial charge in [-0.15, -0.1) is 0 Å². The van der Waals surface area contributed by atoms with Crippen molar-refractivity contribution in [3.8, 4) is 0 Å². The molecule has 0 saturated heterocycles. The summed E-state index contributed by atoms with van der Waals surface area (Å²) < 4.78 is 6.41. The van der Waals surface area contributed by atoms with Gasteiger partial charge in [-0.1, -0.05) is 15.9 Å². The van der Waals surface area contributed by atoms with Crippen LogP contribution in [0.1, 0.15) is 6.42 Å². The van der Waals surface area contributed by atoms with Crippen LogP contribution >= 0.6 is 31.9 Å². The van der Waals surface area contributed by atoms with Crippen LogP contribution < -0.4 is 11.1 Å². The standard InChI is InChI=1S/C10H12Br2N2O2/c1-16-3-2-9(15)14-10-7(12)4-6(11)5-8(10)13/h4-5H,2-3,13H2,1H3,(H,14,15). The molecule has 0 spiro atoms. The van der Waals surface area contributed by atoms with Gasteiger partial charge in [-0.3, -0.25) is 4.79 Å². The summed E-state index contributed by atoms with van der Waals surface area (Å²) in [4.78, 5) is 11.5. The van der Waals surface area contributed by atoms with Gasteiger partial charge in [0.25, 0.3) is 0 Å². The summed E-state index contributed by atoms with van der Waals surface area (Å²) in [6, 6.07) is 3.55. The molecule has 1 rings (SSSR count). The first-order valence-electron chi connectivity index (χ1n) is 4.58. The molecule has 0 aliphatic heterocycles. The van der Waals surface area contributed by atoms with Crippen molar-refractivity contribution >= 4 is 49.1 Å². The van der Waals surface area contributed by atoms with Gasteiger partial charge in [-0.2, -0.15) is 0 Å². The number of nitrogens with one attached hydrogen (secondary N) is 1. The number of ether oxygens (including phenoxy) is 1. The summed E-state index contributed by atoms with van der Waals surface area (Å²) in [6.45, 7) is 0.389. The lowest BCUT2D eigenvalue weighted by molar-refractivity contribution is -0.117. The highest BCUT2D eigenvalue weighted by molar-refractivity contribution is 9.11. The molecular formula is C10H12Br2N2O2. The van der Waals surface area contributed by atoms with Crippen molar-refractivity contribution in [1.82, 2.24) is 0 Å². The first kappa shape index (κ1) is 13.5. The average Bonchev–Trinajstić information content (AvgIpc) is 2.20. The van der Waals surface area contributed by atoms with E-state index in [1.165, 1.54) is 0 Å². The second-order valence-corrected chi connectivity index (χ2v) is 4.91. The minimum absolute atomic E-state index is 0.128. The van der Waals surface area contributed by atoms with Crippen molar-refractivity contribution in [2.75, 3.05) is 24.8 Å². The molecule has 0 unspecified atom stereocenters. The zero-order chi connectivity index (χ0) is 12.1. The van der Waals surface area contributed by atoms with E-state index in [2.05, 4.69) is 37.2 Å². The minimum atomic E-state index is -0.128. The molecule has 0 radical (unpaired) electrons. The van der Waals surface area contributed by atoms with E-state index in [-0.39, 0.29) is 5.91 Å². The van der Waals surface area contributed by atoms with E-state index >= 15 is 0 Å². The molecule has 6 heteroatoms. The Morgan fingerprint density at radius 3 is 2.75 bits per heavy atom. The van der Waals surface area contributed by atoms with Crippen molar-refractivity contribution in [1.29, 1.82) is 0 Å². The zero-order valence-electron chi connectivity index (χ0n) is 8.72. The summed E-state index contributed by atoms with van der Waals surface area (Å²) in [7, 11) is 1.55. The van der Waals surface area contributed by atoms with Gasteiger partial charge in [0.1, 0.15) is 0 Å². The number of carbonyl (C=O) groups excluding carboxylic acids is 1. The monoisotopic (exact) mass is 350 g/mol. The molecule has 1 amide bonds. The molecule has 0 fully saturated rings. The molecule has 0 heterocycles. The van der Waals surface area contributed by atoms with E-state index in [1.807, 2.05) is 6.07 Å². The van der Waals surface area contributed by atoms with Crippen molar-refractivity contribution in [2.24, 2.45) is 0 Å². The number of rotatable bonds is 4. The number of benzene rings is 1. The Morgan fingerprint density at radius 1 is 1.50 bits per heavy atom. The summed E-state index contributed by atoms with van der Waals surface area (Å²) in [5.74, 6) is -0.128. The maximum absolute atomic E-state index is 11.5. The van der Waals surface area contributed by atoms with Crippen LogP contribution in [0.4, 0.5) is 11.4 Å². The first-order chi connectivity index (χ1) is 7.54. The van der Waals surface area contributed by atoms with Gasteiger partial charge >= 0.3 is 0 Å². The fraction of sp³-hybridized carbons (Fsp3) is 0.300. The van der Waals surface area contributed by atoms with Crippen LogP contribution in [0.3, 0.4) is 0 Å². The van der Waals surface area contributed by atoms with Crippen LogP contribution in [0, 0.1) is 0 Å². The van der Waals surface area contributed by atoms with Crippen LogP contribution in [0.5, 0.6) is 0 Å². The van der Waals surface area contributed by atoms with Gasteiger partial charge < -0.3 is 15.8 Å². The fourth-order valence-electron chi connectivity index (χ4n) is 1.12. The molecule has 1 aromatic carbocycles. The van der Waals surface area contributed by atoms with Gasteiger partial charge in [-0.05, 0) is 28.1 Å². The number of amides is 1. The molecule has 88 valence electrons. The predicted molar refractivity (Wildman–Crippen MR) is 71.4 cm³/mol. The van der Waals surface area contributed by atoms with Crippen LogP contribution in [0.2, 0.25) is 0 Å². The van der Waals surface area contributed by atoms with E-state index in [0.717, 1.165) is 8.95 Å². The normalized spacial score (nSPS) is 10.2. The Bertz CT molecular complexity index is 373. The van der Waals surface area contributed by atoms with Crippen LogP contribution in [-0.4, -0.2) is 19.6 Å². The third kappa shape index (κ3) is 3.77. The molecule has 4 nitrogen and oxygen atoms in total.